The van der Waals surface area contributed by atoms with Gasteiger partial charge in [-0.1, -0.05) is 56.3 Å². The zero-order valence-corrected chi connectivity index (χ0v) is 22.0. The second-order valence-corrected chi connectivity index (χ2v) is 12.5. The quantitative estimate of drug-likeness (QED) is 0.514. The molecule has 36 heavy (non-hydrogen) atoms. The summed E-state index contributed by atoms with van der Waals surface area (Å²) < 4.78 is 28.0. The van der Waals surface area contributed by atoms with Gasteiger partial charge in [0.15, 0.2) is 0 Å². The number of carbonyl (C=O) groups is 1. The molecule has 7 heteroatoms. The molecule has 0 aliphatic carbocycles. The van der Waals surface area contributed by atoms with Crippen LogP contribution >= 0.6 is 0 Å². The van der Waals surface area contributed by atoms with Crippen LogP contribution in [-0.4, -0.2) is 67.7 Å². The van der Waals surface area contributed by atoms with Gasteiger partial charge in [-0.3, -0.25) is 9.69 Å². The number of carbonyl (C=O) groups excluding carboxylic acids is 1. The molecule has 2 saturated heterocycles. The molecule has 1 amide bonds. The number of sulfonamides is 1. The Hall–Kier alpha value is -2.74. The number of benzene rings is 3. The Morgan fingerprint density at radius 3 is 2.14 bits per heavy atom. The Kier molecular flexibility index (Phi) is 7.15. The summed E-state index contributed by atoms with van der Waals surface area (Å²) in [5, 5.41) is 1.91. The molecule has 2 fully saturated rings. The standard InChI is InChI=1S/C29H35N3O3S/c1-22-17-23(2)20-30(19-22)21-24-7-9-26(10-8-24)29(33)31-13-15-32(16-14-31)36(34,35)28-12-11-25-5-3-4-6-27(25)18-28/h3-12,18,22-23H,13-17,19-21H2,1-2H3. The van der Waals surface area contributed by atoms with E-state index in [-0.39, 0.29) is 5.91 Å². The van der Waals surface area contributed by atoms with Crippen molar-refractivity contribution in [1.82, 2.24) is 14.1 Å². The molecule has 3 aromatic carbocycles. The zero-order valence-electron chi connectivity index (χ0n) is 21.1. The molecule has 0 N–H and O–H groups in total. The van der Waals surface area contributed by atoms with E-state index in [1.54, 1.807) is 17.0 Å². The Morgan fingerprint density at radius 1 is 0.833 bits per heavy atom. The third-order valence-corrected chi connectivity index (χ3v) is 9.33. The molecule has 0 aromatic heterocycles. The molecule has 0 radical (unpaired) electrons. The van der Waals surface area contributed by atoms with Crippen LogP contribution in [0.5, 0.6) is 0 Å². The first-order valence-corrected chi connectivity index (χ1v) is 14.3. The minimum atomic E-state index is -3.60. The fourth-order valence-electron chi connectivity index (χ4n) is 5.72. The molecular weight excluding hydrogens is 470 g/mol. The van der Waals surface area contributed by atoms with E-state index >= 15 is 0 Å². The van der Waals surface area contributed by atoms with Crippen LogP contribution in [0.2, 0.25) is 0 Å². The summed E-state index contributed by atoms with van der Waals surface area (Å²) in [6.45, 7) is 9.15. The van der Waals surface area contributed by atoms with Crippen molar-refractivity contribution >= 4 is 26.7 Å². The van der Waals surface area contributed by atoms with E-state index < -0.39 is 10.0 Å². The highest BCUT2D eigenvalue weighted by molar-refractivity contribution is 7.89. The largest absolute Gasteiger partial charge is 0.336 e. The van der Waals surface area contributed by atoms with Gasteiger partial charge in [0.25, 0.3) is 5.91 Å². The average Bonchev–Trinajstić information content (AvgIpc) is 2.88. The number of piperazine rings is 1. The average molecular weight is 506 g/mol. The second-order valence-electron chi connectivity index (χ2n) is 10.5. The number of rotatable bonds is 5. The van der Waals surface area contributed by atoms with Crippen molar-refractivity contribution in [3.63, 3.8) is 0 Å². The highest BCUT2D eigenvalue weighted by atomic mass is 32.2. The first-order chi connectivity index (χ1) is 17.3. The lowest BCUT2D eigenvalue weighted by Gasteiger charge is -2.35. The predicted molar refractivity (Wildman–Crippen MR) is 143 cm³/mol. The summed E-state index contributed by atoms with van der Waals surface area (Å²) >= 11 is 0. The number of hydrogen-bond donors (Lipinski definition) is 0. The number of hydrogen-bond acceptors (Lipinski definition) is 4. The molecule has 2 aliphatic heterocycles. The highest BCUT2D eigenvalue weighted by Crippen LogP contribution is 2.24. The van der Waals surface area contributed by atoms with Gasteiger partial charge in [-0.2, -0.15) is 4.31 Å². The van der Waals surface area contributed by atoms with Crippen molar-refractivity contribution in [1.29, 1.82) is 0 Å². The van der Waals surface area contributed by atoms with Gasteiger partial charge in [0, 0.05) is 51.4 Å². The van der Waals surface area contributed by atoms with Crippen LogP contribution in [0.15, 0.2) is 71.6 Å². The summed E-state index contributed by atoms with van der Waals surface area (Å²) in [4.78, 5) is 17.7. The maximum absolute atomic E-state index is 13.2. The maximum Gasteiger partial charge on any atom is 0.253 e. The lowest BCUT2D eigenvalue weighted by Crippen LogP contribution is -2.50. The number of fused-ring (bicyclic) bond motifs is 1. The van der Waals surface area contributed by atoms with Crippen LogP contribution < -0.4 is 0 Å². The minimum absolute atomic E-state index is 0.0375. The normalized spacial score (nSPS) is 22.1. The van der Waals surface area contributed by atoms with E-state index in [9.17, 15) is 13.2 Å². The van der Waals surface area contributed by atoms with Crippen molar-refractivity contribution in [2.75, 3.05) is 39.3 Å². The molecular formula is C29H35N3O3S. The topological polar surface area (TPSA) is 60.9 Å². The van der Waals surface area contributed by atoms with Crippen LogP contribution in [0, 0.1) is 11.8 Å². The zero-order chi connectivity index (χ0) is 25.3. The van der Waals surface area contributed by atoms with Crippen LogP contribution in [-0.2, 0) is 16.6 Å². The monoisotopic (exact) mass is 505 g/mol. The van der Waals surface area contributed by atoms with Crippen molar-refractivity contribution in [3.05, 3.63) is 77.9 Å². The van der Waals surface area contributed by atoms with Gasteiger partial charge < -0.3 is 4.90 Å². The van der Waals surface area contributed by atoms with Gasteiger partial charge >= 0.3 is 0 Å². The molecule has 2 aliphatic rings. The Balaban J connectivity index is 1.19. The summed E-state index contributed by atoms with van der Waals surface area (Å²) in [6, 6.07) is 20.9. The molecule has 2 atom stereocenters. The van der Waals surface area contributed by atoms with E-state index in [2.05, 4.69) is 30.9 Å². The molecule has 0 spiro atoms. The first kappa shape index (κ1) is 24.9. The van der Waals surface area contributed by atoms with E-state index in [0.717, 1.165) is 42.2 Å². The fourth-order valence-corrected chi connectivity index (χ4v) is 7.18. The Bertz CT molecular complexity index is 1320. The first-order valence-electron chi connectivity index (χ1n) is 12.9. The SMILES string of the molecule is CC1CC(C)CN(Cc2ccc(C(=O)N3CCN(S(=O)(=O)c4ccc5ccccc5c4)CC3)cc2)C1. The molecule has 190 valence electrons. The molecule has 2 unspecified atom stereocenters. The smallest absolute Gasteiger partial charge is 0.253 e. The highest BCUT2D eigenvalue weighted by Gasteiger charge is 2.30. The van der Waals surface area contributed by atoms with Crippen molar-refractivity contribution in [3.8, 4) is 0 Å². The van der Waals surface area contributed by atoms with Crippen molar-refractivity contribution in [2.24, 2.45) is 11.8 Å². The minimum Gasteiger partial charge on any atom is -0.336 e. The van der Waals surface area contributed by atoms with Gasteiger partial charge in [-0.25, -0.2) is 8.42 Å². The third-order valence-electron chi connectivity index (χ3n) is 7.44. The summed E-state index contributed by atoms with van der Waals surface area (Å²) in [5.41, 5.74) is 1.88. The van der Waals surface area contributed by atoms with E-state index in [0.29, 0.717) is 36.6 Å². The van der Waals surface area contributed by atoms with Crippen LogP contribution in [0.3, 0.4) is 0 Å². The Labute approximate surface area is 214 Å². The van der Waals surface area contributed by atoms with Gasteiger partial charge in [-0.05, 0) is 58.9 Å². The summed E-state index contributed by atoms with van der Waals surface area (Å²) in [6.07, 6.45) is 1.29. The molecule has 5 rings (SSSR count). The van der Waals surface area contributed by atoms with E-state index in [1.165, 1.54) is 16.3 Å². The summed E-state index contributed by atoms with van der Waals surface area (Å²) in [7, 11) is -3.60. The maximum atomic E-state index is 13.2. The molecule has 2 heterocycles. The van der Waals surface area contributed by atoms with Crippen LogP contribution in [0.25, 0.3) is 10.8 Å². The van der Waals surface area contributed by atoms with E-state index in [4.69, 9.17) is 0 Å². The number of nitrogens with zero attached hydrogens (tertiary/aromatic N) is 3. The molecule has 6 nitrogen and oxygen atoms in total. The molecule has 0 bridgehead atoms. The fraction of sp³-hybridized carbons (Fsp3) is 0.414. The third kappa shape index (κ3) is 5.33. The number of amides is 1. The number of piperidine rings is 1. The van der Waals surface area contributed by atoms with Gasteiger partial charge in [0.1, 0.15) is 0 Å². The van der Waals surface area contributed by atoms with Crippen LogP contribution in [0.4, 0.5) is 0 Å². The van der Waals surface area contributed by atoms with Gasteiger partial charge in [-0.15, -0.1) is 0 Å². The van der Waals surface area contributed by atoms with Gasteiger partial charge in [0.2, 0.25) is 10.0 Å². The summed E-state index contributed by atoms with van der Waals surface area (Å²) in [5.74, 6) is 1.40. The lowest BCUT2D eigenvalue weighted by molar-refractivity contribution is 0.0698. The van der Waals surface area contributed by atoms with E-state index in [1.807, 2.05) is 42.5 Å². The second kappa shape index (κ2) is 10.3. The number of likely N-dealkylation sites (tertiary alicyclic amines) is 1. The Morgan fingerprint density at radius 2 is 1.47 bits per heavy atom. The van der Waals surface area contributed by atoms with Gasteiger partial charge in [0.05, 0.1) is 4.90 Å². The molecule has 3 aromatic rings. The van der Waals surface area contributed by atoms with Crippen LogP contribution in [0.1, 0.15) is 36.2 Å². The predicted octanol–water partition coefficient (Wildman–Crippen LogP) is 4.46. The van der Waals surface area contributed by atoms with Crippen molar-refractivity contribution in [2.45, 2.75) is 31.7 Å². The lowest BCUT2D eigenvalue weighted by atomic mass is 9.91. The molecule has 0 saturated carbocycles. The van der Waals surface area contributed by atoms with Crippen molar-refractivity contribution < 1.29 is 13.2 Å².